The zero-order valence-corrected chi connectivity index (χ0v) is 10.2. The standard InChI is InChI=1S/C10H25NSi/c1-5-8-12(11-4,9-6-2)10-7-3/h11H,5-10H2,1-4H3. The molecule has 0 rings (SSSR count). The molecule has 0 unspecified atom stereocenters. The molecule has 0 saturated carbocycles. The molecule has 0 aromatic carbocycles. The summed E-state index contributed by atoms with van der Waals surface area (Å²) < 4.78 is 0. The van der Waals surface area contributed by atoms with E-state index in [1.807, 2.05) is 0 Å². The molecule has 0 radical (unpaired) electrons. The number of nitrogens with one attached hydrogen (secondary N) is 1. The smallest absolute Gasteiger partial charge is 0.125 e. The number of hydrogen-bond donors (Lipinski definition) is 1. The Morgan fingerprint density at radius 2 is 1.17 bits per heavy atom. The molecule has 1 nitrogen and oxygen atoms in total. The SMILES string of the molecule is CCC[Si](CCC)(CCC)NC. The molecule has 0 aliphatic heterocycles. The molecule has 0 spiro atoms. The largest absolute Gasteiger partial charge is 0.340 e. The van der Waals surface area contributed by atoms with E-state index >= 15 is 0 Å². The first kappa shape index (κ1) is 12.2. The average Bonchev–Trinajstić information content (AvgIpc) is 2.06. The van der Waals surface area contributed by atoms with Gasteiger partial charge < -0.3 is 4.98 Å². The van der Waals surface area contributed by atoms with E-state index in [1.165, 1.54) is 37.4 Å². The number of rotatable bonds is 7. The average molecular weight is 187 g/mol. The van der Waals surface area contributed by atoms with Crippen molar-refractivity contribution in [3.8, 4) is 0 Å². The maximum atomic E-state index is 3.66. The molecule has 0 atom stereocenters. The van der Waals surface area contributed by atoms with Crippen LogP contribution in [-0.2, 0) is 0 Å². The van der Waals surface area contributed by atoms with Gasteiger partial charge in [0.25, 0.3) is 0 Å². The van der Waals surface area contributed by atoms with Crippen molar-refractivity contribution in [2.45, 2.75) is 58.2 Å². The summed E-state index contributed by atoms with van der Waals surface area (Å²) in [6, 6.07) is 4.39. The summed E-state index contributed by atoms with van der Waals surface area (Å²) in [4.78, 5) is 3.66. The Labute approximate surface area is 79.0 Å². The van der Waals surface area contributed by atoms with Crippen LogP contribution in [0.3, 0.4) is 0 Å². The van der Waals surface area contributed by atoms with Crippen molar-refractivity contribution in [1.82, 2.24) is 4.98 Å². The van der Waals surface area contributed by atoms with Crippen molar-refractivity contribution in [2.75, 3.05) is 7.05 Å². The Bertz CT molecular complexity index is 87.0. The molecule has 0 amide bonds. The van der Waals surface area contributed by atoms with Gasteiger partial charge in [0.2, 0.25) is 0 Å². The second-order valence-corrected chi connectivity index (χ2v) is 8.34. The summed E-state index contributed by atoms with van der Waals surface area (Å²) >= 11 is 0. The Morgan fingerprint density at radius 1 is 0.833 bits per heavy atom. The number of hydrogen-bond acceptors (Lipinski definition) is 1. The van der Waals surface area contributed by atoms with E-state index in [4.69, 9.17) is 0 Å². The van der Waals surface area contributed by atoms with Crippen molar-refractivity contribution in [3.63, 3.8) is 0 Å². The highest BCUT2D eigenvalue weighted by atomic mass is 28.3. The lowest BCUT2D eigenvalue weighted by molar-refractivity contribution is 0.874. The van der Waals surface area contributed by atoms with E-state index in [9.17, 15) is 0 Å². The first-order valence-electron chi connectivity index (χ1n) is 5.43. The summed E-state index contributed by atoms with van der Waals surface area (Å²) in [5, 5.41) is 0. The van der Waals surface area contributed by atoms with Gasteiger partial charge in [-0.2, -0.15) is 0 Å². The zero-order chi connectivity index (χ0) is 9.45. The van der Waals surface area contributed by atoms with Crippen molar-refractivity contribution >= 4 is 8.24 Å². The van der Waals surface area contributed by atoms with Crippen molar-refractivity contribution < 1.29 is 0 Å². The molecule has 74 valence electrons. The van der Waals surface area contributed by atoms with Crippen LogP contribution in [0, 0.1) is 0 Å². The van der Waals surface area contributed by atoms with Crippen LogP contribution in [0.5, 0.6) is 0 Å². The van der Waals surface area contributed by atoms with E-state index < -0.39 is 8.24 Å². The molecule has 0 aliphatic rings. The molecule has 12 heavy (non-hydrogen) atoms. The Kier molecular flexibility index (Phi) is 6.77. The summed E-state index contributed by atoms with van der Waals surface area (Å²) in [5.74, 6) is 0. The summed E-state index contributed by atoms with van der Waals surface area (Å²) in [7, 11) is 1.15. The van der Waals surface area contributed by atoms with Crippen LogP contribution >= 0.6 is 0 Å². The fraction of sp³-hybridized carbons (Fsp3) is 1.00. The molecular formula is C10H25NSi. The predicted octanol–water partition coefficient (Wildman–Crippen LogP) is 3.38. The molecule has 0 saturated heterocycles. The molecule has 0 bridgehead atoms. The Balaban J connectivity index is 4.06. The van der Waals surface area contributed by atoms with Crippen LogP contribution < -0.4 is 4.98 Å². The van der Waals surface area contributed by atoms with Crippen molar-refractivity contribution in [3.05, 3.63) is 0 Å². The van der Waals surface area contributed by atoms with Crippen LogP contribution in [0.4, 0.5) is 0 Å². The third kappa shape index (κ3) is 3.72. The van der Waals surface area contributed by atoms with Crippen molar-refractivity contribution in [1.29, 1.82) is 0 Å². The van der Waals surface area contributed by atoms with Gasteiger partial charge in [-0.1, -0.05) is 40.0 Å². The normalized spacial score (nSPS) is 12.0. The third-order valence-electron chi connectivity index (χ3n) is 2.72. The second kappa shape index (κ2) is 6.67. The van der Waals surface area contributed by atoms with Gasteiger partial charge in [0.1, 0.15) is 8.24 Å². The van der Waals surface area contributed by atoms with Crippen LogP contribution in [-0.4, -0.2) is 15.3 Å². The minimum Gasteiger partial charge on any atom is -0.340 e. The van der Waals surface area contributed by atoms with Gasteiger partial charge in [-0.15, -0.1) is 0 Å². The van der Waals surface area contributed by atoms with Crippen molar-refractivity contribution in [2.24, 2.45) is 0 Å². The van der Waals surface area contributed by atoms with Gasteiger partial charge in [0.15, 0.2) is 0 Å². The van der Waals surface area contributed by atoms with Gasteiger partial charge in [-0.25, -0.2) is 0 Å². The van der Waals surface area contributed by atoms with Gasteiger partial charge in [0, 0.05) is 0 Å². The van der Waals surface area contributed by atoms with Gasteiger partial charge in [-0.3, -0.25) is 0 Å². The van der Waals surface area contributed by atoms with E-state index in [0.29, 0.717) is 0 Å². The highest BCUT2D eigenvalue weighted by Crippen LogP contribution is 2.22. The summed E-state index contributed by atoms with van der Waals surface area (Å²) in [6.07, 6.45) is 4.06. The van der Waals surface area contributed by atoms with Gasteiger partial charge >= 0.3 is 0 Å². The van der Waals surface area contributed by atoms with Crippen LogP contribution in [0.1, 0.15) is 40.0 Å². The molecular weight excluding hydrogens is 162 g/mol. The second-order valence-electron chi connectivity index (χ2n) is 3.78. The lowest BCUT2D eigenvalue weighted by Crippen LogP contribution is -2.47. The predicted molar refractivity (Wildman–Crippen MR) is 60.1 cm³/mol. The zero-order valence-electron chi connectivity index (χ0n) is 9.24. The fourth-order valence-electron chi connectivity index (χ4n) is 2.19. The van der Waals surface area contributed by atoms with E-state index in [-0.39, 0.29) is 0 Å². The lowest BCUT2D eigenvalue weighted by atomic mass is 10.6. The minimum absolute atomic E-state index is 1.02. The molecule has 0 aromatic rings. The highest BCUT2D eigenvalue weighted by Gasteiger charge is 2.27. The topological polar surface area (TPSA) is 12.0 Å². The molecule has 2 heteroatoms. The van der Waals surface area contributed by atoms with E-state index in [0.717, 1.165) is 0 Å². The molecule has 0 aliphatic carbocycles. The van der Waals surface area contributed by atoms with Crippen LogP contribution in [0.25, 0.3) is 0 Å². The van der Waals surface area contributed by atoms with E-state index in [2.05, 4.69) is 32.8 Å². The Hall–Kier alpha value is 0.177. The molecule has 0 heterocycles. The van der Waals surface area contributed by atoms with Crippen LogP contribution in [0.15, 0.2) is 0 Å². The molecule has 0 fully saturated rings. The fourth-order valence-corrected chi connectivity index (χ4v) is 6.56. The molecule has 1 N–H and O–H groups in total. The third-order valence-corrected chi connectivity index (χ3v) is 8.15. The maximum absolute atomic E-state index is 3.66. The lowest BCUT2D eigenvalue weighted by Gasteiger charge is -2.30. The summed E-state index contributed by atoms with van der Waals surface area (Å²) in [5.41, 5.74) is 0. The highest BCUT2D eigenvalue weighted by molar-refractivity contribution is 6.77. The minimum atomic E-state index is -1.02. The monoisotopic (exact) mass is 187 g/mol. The van der Waals surface area contributed by atoms with Gasteiger partial charge in [0.05, 0.1) is 0 Å². The Morgan fingerprint density at radius 3 is 1.33 bits per heavy atom. The molecule has 0 aromatic heterocycles. The quantitative estimate of drug-likeness (QED) is 0.603. The first-order valence-corrected chi connectivity index (χ1v) is 8.05. The first-order chi connectivity index (χ1) is 5.74. The van der Waals surface area contributed by atoms with E-state index in [1.54, 1.807) is 0 Å². The van der Waals surface area contributed by atoms with Gasteiger partial charge in [-0.05, 0) is 25.2 Å². The van der Waals surface area contributed by atoms with Crippen LogP contribution in [0.2, 0.25) is 18.1 Å². The maximum Gasteiger partial charge on any atom is 0.125 e. The summed E-state index contributed by atoms with van der Waals surface area (Å²) in [6.45, 7) is 6.93.